The smallest absolute Gasteiger partial charge is 0.422 e. The maximum atomic E-state index is 12.2. The lowest BCUT2D eigenvalue weighted by atomic mass is 10.1. The number of benzene rings is 2. The Morgan fingerprint density at radius 3 is 2.38 bits per heavy atom. The summed E-state index contributed by atoms with van der Waals surface area (Å²) >= 11 is 0. The zero-order chi connectivity index (χ0) is 18.6. The molecule has 0 bridgehead atoms. The number of carbonyl (C=O) groups is 1. The van der Waals surface area contributed by atoms with Crippen LogP contribution in [0.1, 0.15) is 15.9 Å². The van der Waals surface area contributed by atoms with Gasteiger partial charge in [-0.3, -0.25) is 14.8 Å². The van der Waals surface area contributed by atoms with Gasteiger partial charge in [0.15, 0.2) is 6.61 Å². The van der Waals surface area contributed by atoms with Gasteiger partial charge in [0.25, 0.3) is 5.91 Å². The van der Waals surface area contributed by atoms with Crippen LogP contribution in [0.3, 0.4) is 0 Å². The summed E-state index contributed by atoms with van der Waals surface area (Å²) in [7, 11) is 0. The van der Waals surface area contributed by atoms with Crippen LogP contribution >= 0.6 is 0 Å². The van der Waals surface area contributed by atoms with Gasteiger partial charge in [0, 0.05) is 24.5 Å². The quantitative estimate of drug-likeness (QED) is 0.755. The molecular weight excluding hydrogens is 347 g/mol. The fourth-order valence-electron chi connectivity index (χ4n) is 2.26. The second-order valence-corrected chi connectivity index (χ2v) is 5.49. The number of rotatable bonds is 5. The molecule has 1 amide bonds. The van der Waals surface area contributed by atoms with Crippen LogP contribution in [-0.2, 0) is 6.54 Å². The molecule has 0 spiro atoms. The topological polar surface area (TPSA) is 64.1 Å². The first-order valence-corrected chi connectivity index (χ1v) is 7.68. The van der Waals surface area contributed by atoms with Gasteiger partial charge in [0.1, 0.15) is 5.75 Å². The van der Waals surface area contributed by atoms with Gasteiger partial charge in [0.2, 0.25) is 0 Å². The molecule has 1 N–H and O–H groups in total. The minimum atomic E-state index is -4.38. The second kappa shape index (κ2) is 7.38. The predicted octanol–water partition coefficient (Wildman–Crippen LogP) is 3.50. The van der Waals surface area contributed by atoms with Crippen LogP contribution in [-0.4, -0.2) is 28.7 Å². The molecule has 3 aromatic rings. The Morgan fingerprint density at radius 2 is 1.69 bits per heavy atom. The van der Waals surface area contributed by atoms with Crippen molar-refractivity contribution < 1.29 is 22.7 Å². The number of alkyl halides is 3. The Hall–Kier alpha value is -3.16. The van der Waals surface area contributed by atoms with Crippen molar-refractivity contribution in [2.45, 2.75) is 12.7 Å². The summed E-state index contributed by atoms with van der Waals surface area (Å²) in [5.74, 6) is -0.166. The Balaban J connectivity index is 1.58. The number of hydrogen-bond donors (Lipinski definition) is 1. The van der Waals surface area contributed by atoms with Crippen LogP contribution in [0.2, 0.25) is 0 Å². The summed E-state index contributed by atoms with van der Waals surface area (Å²) in [6, 6.07) is 11.1. The Labute approximate surface area is 146 Å². The van der Waals surface area contributed by atoms with E-state index in [-0.39, 0.29) is 18.2 Å². The standard InChI is InChI=1S/C18H14F3N3O2/c19-18(20,21)11-26-14-4-1-12(2-5-14)10-24-17(25)13-3-6-15-16(9-13)23-8-7-22-15/h1-9H,10-11H2,(H,24,25). The molecule has 3 rings (SSSR count). The minimum absolute atomic E-state index is 0.116. The highest BCUT2D eigenvalue weighted by molar-refractivity contribution is 5.97. The number of fused-ring (bicyclic) bond motifs is 1. The van der Waals surface area contributed by atoms with E-state index in [1.807, 2.05) is 0 Å². The highest BCUT2D eigenvalue weighted by atomic mass is 19.4. The fraction of sp³-hybridized carbons (Fsp3) is 0.167. The van der Waals surface area contributed by atoms with E-state index >= 15 is 0 Å². The molecule has 0 unspecified atom stereocenters. The van der Waals surface area contributed by atoms with Gasteiger partial charge in [-0.1, -0.05) is 12.1 Å². The number of aromatic nitrogens is 2. The lowest BCUT2D eigenvalue weighted by molar-refractivity contribution is -0.153. The SMILES string of the molecule is O=C(NCc1ccc(OCC(F)(F)F)cc1)c1ccc2nccnc2c1. The van der Waals surface area contributed by atoms with E-state index in [0.717, 1.165) is 5.56 Å². The summed E-state index contributed by atoms with van der Waals surface area (Å²) in [4.78, 5) is 20.5. The summed E-state index contributed by atoms with van der Waals surface area (Å²) in [6.07, 6.45) is -1.26. The van der Waals surface area contributed by atoms with Gasteiger partial charge < -0.3 is 10.1 Å². The molecule has 1 heterocycles. The average molecular weight is 361 g/mol. The first-order valence-electron chi connectivity index (χ1n) is 7.68. The molecule has 0 saturated carbocycles. The van der Waals surface area contributed by atoms with Crippen LogP contribution in [0.5, 0.6) is 5.75 Å². The molecule has 0 radical (unpaired) electrons. The maximum absolute atomic E-state index is 12.2. The maximum Gasteiger partial charge on any atom is 0.422 e. The third-order valence-electron chi connectivity index (χ3n) is 3.51. The summed E-state index contributed by atoms with van der Waals surface area (Å²) in [6.45, 7) is -1.11. The Morgan fingerprint density at radius 1 is 1.00 bits per heavy atom. The molecule has 8 heteroatoms. The van der Waals surface area contributed by atoms with E-state index in [4.69, 9.17) is 0 Å². The number of carbonyl (C=O) groups excluding carboxylic acids is 1. The average Bonchev–Trinajstić information content (AvgIpc) is 2.64. The molecule has 1 aromatic heterocycles. The third kappa shape index (κ3) is 4.69. The van der Waals surface area contributed by atoms with Crippen LogP contribution in [0.4, 0.5) is 13.2 Å². The normalized spacial score (nSPS) is 11.3. The van der Waals surface area contributed by atoms with Gasteiger partial charge >= 0.3 is 6.18 Å². The Kier molecular flexibility index (Phi) is 5.01. The predicted molar refractivity (Wildman–Crippen MR) is 88.7 cm³/mol. The van der Waals surface area contributed by atoms with Crippen molar-refractivity contribution in [2.75, 3.05) is 6.61 Å². The number of amides is 1. The van der Waals surface area contributed by atoms with Crippen molar-refractivity contribution in [3.8, 4) is 5.75 Å². The van der Waals surface area contributed by atoms with Gasteiger partial charge in [-0.2, -0.15) is 13.2 Å². The fourth-order valence-corrected chi connectivity index (χ4v) is 2.26. The zero-order valence-electron chi connectivity index (χ0n) is 13.5. The molecular formula is C18H14F3N3O2. The molecule has 0 saturated heterocycles. The van der Waals surface area contributed by atoms with Crippen molar-refractivity contribution in [3.05, 3.63) is 66.0 Å². The number of nitrogens with zero attached hydrogens (tertiary/aromatic N) is 2. The number of nitrogens with one attached hydrogen (secondary N) is 1. The van der Waals surface area contributed by atoms with Gasteiger partial charge in [-0.25, -0.2) is 0 Å². The summed E-state index contributed by atoms with van der Waals surface area (Å²) in [5, 5.41) is 2.75. The molecule has 0 atom stereocenters. The van der Waals surface area contributed by atoms with Crippen LogP contribution in [0.25, 0.3) is 11.0 Å². The van der Waals surface area contributed by atoms with Gasteiger partial charge in [-0.05, 0) is 35.9 Å². The highest BCUT2D eigenvalue weighted by Gasteiger charge is 2.28. The van der Waals surface area contributed by atoms with Crippen molar-refractivity contribution in [1.29, 1.82) is 0 Å². The van der Waals surface area contributed by atoms with Crippen molar-refractivity contribution in [2.24, 2.45) is 0 Å². The monoisotopic (exact) mass is 361 g/mol. The van der Waals surface area contributed by atoms with E-state index < -0.39 is 12.8 Å². The van der Waals surface area contributed by atoms with Crippen LogP contribution in [0, 0.1) is 0 Å². The van der Waals surface area contributed by atoms with E-state index in [1.54, 1.807) is 42.7 Å². The first-order chi connectivity index (χ1) is 12.4. The molecule has 0 aliphatic carbocycles. The molecule has 0 aliphatic rings. The molecule has 0 fully saturated rings. The largest absolute Gasteiger partial charge is 0.484 e. The molecule has 0 aliphatic heterocycles. The Bertz CT molecular complexity index is 911. The first kappa shape index (κ1) is 17.7. The molecule has 134 valence electrons. The van der Waals surface area contributed by atoms with Crippen LogP contribution < -0.4 is 10.1 Å². The lowest BCUT2D eigenvalue weighted by Gasteiger charge is -2.10. The zero-order valence-corrected chi connectivity index (χ0v) is 13.5. The summed E-state index contributed by atoms with van der Waals surface area (Å²) in [5.41, 5.74) is 2.49. The number of ether oxygens (including phenoxy) is 1. The minimum Gasteiger partial charge on any atom is -0.484 e. The molecule has 2 aromatic carbocycles. The molecule has 5 nitrogen and oxygen atoms in total. The van der Waals surface area contributed by atoms with E-state index in [0.29, 0.717) is 16.6 Å². The van der Waals surface area contributed by atoms with Crippen molar-refractivity contribution in [3.63, 3.8) is 0 Å². The lowest BCUT2D eigenvalue weighted by Crippen LogP contribution is -2.22. The number of hydrogen-bond acceptors (Lipinski definition) is 4. The molecule has 26 heavy (non-hydrogen) atoms. The van der Waals surface area contributed by atoms with Gasteiger partial charge in [-0.15, -0.1) is 0 Å². The second-order valence-electron chi connectivity index (χ2n) is 5.49. The third-order valence-corrected chi connectivity index (χ3v) is 3.51. The highest BCUT2D eigenvalue weighted by Crippen LogP contribution is 2.19. The number of halogens is 3. The van der Waals surface area contributed by atoms with E-state index in [1.165, 1.54) is 12.1 Å². The van der Waals surface area contributed by atoms with Crippen molar-refractivity contribution in [1.82, 2.24) is 15.3 Å². The van der Waals surface area contributed by atoms with E-state index in [2.05, 4.69) is 20.0 Å². The van der Waals surface area contributed by atoms with Gasteiger partial charge in [0.05, 0.1) is 11.0 Å². The van der Waals surface area contributed by atoms with E-state index in [9.17, 15) is 18.0 Å². The summed E-state index contributed by atoms with van der Waals surface area (Å²) < 4.78 is 41.0. The van der Waals surface area contributed by atoms with Crippen molar-refractivity contribution >= 4 is 16.9 Å². The van der Waals surface area contributed by atoms with Crippen LogP contribution in [0.15, 0.2) is 54.9 Å².